The molecule has 37 heavy (non-hydrogen) atoms. The van der Waals surface area contributed by atoms with E-state index < -0.39 is 12.2 Å². The average Bonchev–Trinajstić information content (AvgIpc) is 3.34. The largest absolute Gasteiger partial charge is 0.378 e. The number of aryl methyl sites for hydroxylation is 1. The summed E-state index contributed by atoms with van der Waals surface area (Å²) >= 11 is 5.78. The fourth-order valence-corrected chi connectivity index (χ4v) is 5.04. The standard InChI is InChI=1S/C24H29ClF2N8O2/c1-15-5-3-7-17-19(15)28-21(20(26)27)35(17)24-30-22(33-9-11-37-12-10-33)29-23(31-24)34-8-4-6-16(14-34)32(2)18(36)13-25/h3,5,7,16,20H,4,6,8-14H2,1-2H3/t16-/m1/s1. The molecule has 0 unspecified atom stereocenters. The summed E-state index contributed by atoms with van der Waals surface area (Å²) < 4.78 is 35.2. The van der Waals surface area contributed by atoms with E-state index in [1.165, 1.54) is 4.57 Å². The van der Waals surface area contributed by atoms with Crippen molar-refractivity contribution in [3.63, 3.8) is 0 Å². The SMILES string of the molecule is Cc1cccc2c1nc(C(F)F)n2-c1nc(N2CCOCC2)nc(N2CCC[C@@H](N(C)C(=O)CCl)C2)n1. The number of rotatable bonds is 6. The quantitative estimate of drug-likeness (QED) is 0.446. The second-order valence-electron chi connectivity index (χ2n) is 9.26. The molecule has 4 heterocycles. The molecular formula is C24H29ClF2N8O2. The molecule has 0 spiro atoms. The van der Waals surface area contributed by atoms with E-state index in [9.17, 15) is 13.6 Å². The number of benzene rings is 1. The summed E-state index contributed by atoms with van der Waals surface area (Å²) in [5.41, 5.74) is 1.77. The minimum absolute atomic E-state index is 0.0691. The fraction of sp³-hybridized carbons (Fsp3) is 0.542. The molecule has 1 aromatic carbocycles. The van der Waals surface area contributed by atoms with Gasteiger partial charge in [-0.3, -0.25) is 9.36 Å². The summed E-state index contributed by atoms with van der Waals surface area (Å²) in [7, 11) is 1.74. The Bertz CT molecular complexity index is 1280. The molecule has 2 fully saturated rings. The number of likely N-dealkylation sites (N-methyl/N-ethyl adjacent to an activating group) is 1. The van der Waals surface area contributed by atoms with E-state index in [-0.39, 0.29) is 23.8 Å². The van der Waals surface area contributed by atoms with Crippen LogP contribution >= 0.6 is 11.6 Å². The van der Waals surface area contributed by atoms with Gasteiger partial charge in [-0.1, -0.05) is 12.1 Å². The summed E-state index contributed by atoms with van der Waals surface area (Å²) in [5, 5.41) is 0. The molecule has 13 heteroatoms. The Morgan fingerprint density at radius 1 is 1.11 bits per heavy atom. The Morgan fingerprint density at radius 3 is 2.51 bits per heavy atom. The third-order valence-electron chi connectivity index (χ3n) is 6.94. The number of imidazole rings is 1. The van der Waals surface area contributed by atoms with E-state index in [2.05, 4.69) is 15.0 Å². The van der Waals surface area contributed by atoms with Crippen LogP contribution in [0.15, 0.2) is 18.2 Å². The second-order valence-corrected chi connectivity index (χ2v) is 9.53. The molecule has 0 bridgehead atoms. The van der Waals surface area contributed by atoms with Gasteiger partial charge >= 0.3 is 0 Å². The summed E-state index contributed by atoms with van der Waals surface area (Å²) in [6.45, 7) is 5.17. The van der Waals surface area contributed by atoms with Crippen molar-refractivity contribution in [3.05, 3.63) is 29.6 Å². The summed E-state index contributed by atoms with van der Waals surface area (Å²) in [6.07, 6.45) is -1.19. The van der Waals surface area contributed by atoms with Crippen molar-refractivity contribution in [1.82, 2.24) is 29.4 Å². The lowest BCUT2D eigenvalue weighted by Crippen LogP contribution is -2.49. The van der Waals surface area contributed by atoms with Crippen molar-refractivity contribution < 1.29 is 18.3 Å². The molecule has 1 amide bonds. The Labute approximate surface area is 218 Å². The highest BCUT2D eigenvalue weighted by atomic mass is 35.5. The van der Waals surface area contributed by atoms with E-state index in [0.717, 1.165) is 18.4 Å². The summed E-state index contributed by atoms with van der Waals surface area (Å²) in [6, 6.07) is 5.30. The van der Waals surface area contributed by atoms with Crippen LogP contribution in [0, 0.1) is 6.92 Å². The lowest BCUT2D eigenvalue weighted by molar-refractivity contribution is -0.129. The van der Waals surface area contributed by atoms with Gasteiger partial charge in [-0.2, -0.15) is 15.0 Å². The molecule has 0 radical (unpaired) electrons. The number of aromatic nitrogens is 5. The molecule has 2 saturated heterocycles. The van der Waals surface area contributed by atoms with Gasteiger partial charge in [0.1, 0.15) is 5.88 Å². The molecule has 0 aliphatic carbocycles. The third-order valence-corrected chi connectivity index (χ3v) is 7.17. The maximum Gasteiger partial charge on any atom is 0.296 e. The molecule has 10 nitrogen and oxygen atoms in total. The number of alkyl halides is 3. The molecule has 3 aromatic rings. The number of morpholine rings is 1. The van der Waals surface area contributed by atoms with Crippen molar-refractivity contribution in [2.45, 2.75) is 32.2 Å². The van der Waals surface area contributed by atoms with Crippen LogP contribution < -0.4 is 9.80 Å². The first-order valence-corrected chi connectivity index (χ1v) is 12.8. The van der Waals surface area contributed by atoms with Gasteiger partial charge in [0, 0.05) is 39.3 Å². The van der Waals surface area contributed by atoms with E-state index in [1.54, 1.807) is 24.1 Å². The topological polar surface area (TPSA) is 92.5 Å². The maximum atomic E-state index is 14.2. The van der Waals surface area contributed by atoms with Crippen LogP contribution in [0.4, 0.5) is 20.7 Å². The van der Waals surface area contributed by atoms with Crippen LogP contribution in [0.2, 0.25) is 0 Å². The number of hydrogen-bond donors (Lipinski definition) is 0. The average molecular weight is 535 g/mol. The van der Waals surface area contributed by atoms with Gasteiger partial charge in [0.25, 0.3) is 6.43 Å². The molecule has 2 aliphatic heterocycles. The van der Waals surface area contributed by atoms with Crippen LogP contribution in [0.25, 0.3) is 17.0 Å². The summed E-state index contributed by atoms with van der Waals surface area (Å²) in [5.74, 6) is 0.192. The number of fused-ring (bicyclic) bond motifs is 1. The van der Waals surface area contributed by atoms with Gasteiger partial charge in [0.05, 0.1) is 24.2 Å². The number of piperidine rings is 1. The lowest BCUT2D eigenvalue weighted by atomic mass is 10.0. The van der Waals surface area contributed by atoms with Gasteiger partial charge in [-0.05, 0) is 31.4 Å². The zero-order valence-corrected chi connectivity index (χ0v) is 21.5. The number of halogens is 3. The number of hydrogen-bond acceptors (Lipinski definition) is 8. The molecule has 5 rings (SSSR count). The number of carbonyl (C=O) groups is 1. The highest BCUT2D eigenvalue weighted by Gasteiger charge is 2.30. The number of nitrogens with zero attached hydrogens (tertiary/aromatic N) is 8. The predicted octanol–water partition coefficient (Wildman–Crippen LogP) is 2.96. The lowest BCUT2D eigenvalue weighted by Gasteiger charge is -2.37. The number of para-hydroxylation sites is 1. The number of carbonyl (C=O) groups excluding carboxylic acids is 1. The predicted molar refractivity (Wildman–Crippen MR) is 136 cm³/mol. The monoisotopic (exact) mass is 534 g/mol. The van der Waals surface area contributed by atoms with Crippen molar-refractivity contribution in [2.24, 2.45) is 0 Å². The first-order chi connectivity index (χ1) is 17.9. The fourth-order valence-electron chi connectivity index (χ4n) is 4.85. The molecule has 2 aliphatic rings. The maximum absolute atomic E-state index is 14.2. The van der Waals surface area contributed by atoms with Crippen molar-refractivity contribution in [3.8, 4) is 5.95 Å². The Kier molecular flexibility index (Phi) is 7.38. The van der Waals surface area contributed by atoms with E-state index in [1.807, 2.05) is 22.8 Å². The smallest absolute Gasteiger partial charge is 0.296 e. The first kappa shape index (κ1) is 25.5. The molecular weight excluding hydrogens is 506 g/mol. The molecule has 2 aromatic heterocycles. The van der Waals surface area contributed by atoms with Gasteiger partial charge in [-0.15, -0.1) is 11.6 Å². The van der Waals surface area contributed by atoms with Crippen molar-refractivity contribution in [2.75, 3.05) is 62.1 Å². The highest BCUT2D eigenvalue weighted by Crippen LogP contribution is 2.30. The zero-order chi connectivity index (χ0) is 26.1. The first-order valence-electron chi connectivity index (χ1n) is 12.3. The van der Waals surface area contributed by atoms with Crippen molar-refractivity contribution >= 4 is 40.4 Å². The number of amides is 1. The van der Waals surface area contributed by atoms with Crippen LogP contribution in [-0.2, 0) is 9.53 Å². The van der Waals surface area contributed by atoms with E-state index in [0.29, 0.717) is 62.3 Å². The highest BCUT2D eigenvalue weighted by molar-refractivity contribution is 6.27. The Hall–Kier alpha value is -3.12. The van der Waals surface area contributed by atoms with E-state index in [4.69, 9.17) is 21.3 Å². The van der Waals surface area contributed by atoms with Crippen molar-refractivity contribution in [1.29, 1.82) is 0 Å². The minimum Gasteiger partial charge on any atom is -0.378 e. The summed E-state index contributed by atoms with van der Waals surface area (Å²) in [4.78, 5) is 36.1. The molecule has 198 valence electrons. The van der Waals surface area contributed by atoms with Crippen LogP contribution in [0.5, 0.6) is 0 Å². The number of anilines is 2. The van der Waals surface area contributed by atoms with Gasteiger partial charge in [-0.25, -0.2) is 13.8 Å². The zero-order valence-electron chi connectivity index (χ0n) is 20.8. The molecule has 1 atom stereocenters. The molecule has 0 saturated carbocycles. The molecule has 0 N–H and O–H groups in total. The van der Waals surface area contributed by atoms with Gasteiger partial charge in [0.2, 0.25) is 23.8 Å². The Morgan fingerprint density at radius 2 is 1.81 bits per heavy atom. The van der Waals surface area contributed by atoms with E-state index >= 15 is 0 Å². The second kappa shape index (κ2) is 10.7. The minimum atomic E-state index is -2.83. The third kappa shape index (κ3) is 5.04. The van der Waals surface area contributed by atoms with Crippen LogP contribution in [-0.4, -0.2) is 93.7 Å². The number of ether oxygens (including phenoxy) is 1. The van der Waals surface area contributed by atoms with Crippen LogP contribution in [0.1, 0.15) is 30.7 Å². The van der Waals surface area contributed by atoms with Gasteiger partial charge < -0.3 is 19.4 Å². The van der Waals surface area contributed by atoms with Gasteiger partial charge in [0.15, 0.2) is 5.82 Å². The van der Waals surface area contributed by atoms with Crippen LogP contribution in [0.3, 0.4) is 0 Å². The normalized spacial score (nSPS) is 18.6. The Balaban J connectivity index is 1.61.